The largest absolute Gasteiger partial charge is 0.325 e. The molecule has 1 aliphatic carbocycles. The zero-order valence-corrected chi connectivity index (χ0v) is 17.6. The second-order valence-corrected chi connectivity index (χ2v) is 9.36. The number of piperidine rings is 2. The molecule has 2 amide bonds. The van der Waals surface area contributed by atoms with Gasteiger partial charge in [-0.1, -0.05) is 32.0 Å². The van der Waals surface area contributed by atoms with Crippen molar-refractivity contribution in [2.24, 2.45) is 5.92 Å². The van der Waals surface area contributed by atoms with Gasteiger partial charge < -0.3 is 9.80 Å². The van der Waals surface area contributed by atoms with Crippen LogP contribution in [0.2, 0.25) is 0 Å². The van der Waals surface area contributed by atoms with Gasteiger partial charge in [0.1, 0.15) is 0 Å². The monoisotopic (exact) mass is 389 g/mol. The summed E-state index contributed by atoms with van der Waals surface area (Å²) in [7, 11) is 0. The number of carbonyl (C=O) groups is 1. The van der Waals surface area contributed by atoms with Crippen molar-refractivity contribution in [2.45, 2.75) is 57.4 Å². The summed E-state index contributed by atoms with van der Waals surface area (Å²) in [6.07, 6.45) is 9.30. The van der Waals surface area contributed by atoms with Crippen molar-refractivity contribution in [1.29, 1.82) is 0 Å². The lowest BCUT2D eigenvalue weighted by Gasteiger charge is -2.55. The number of carbonyl (C=O) groups excluding carboxylic acids is 1. The van der Waals surface area contributed by atoms with Crippen molar-refractivity contribution < 1.29 is 4.79 Å². The third-order valence-electron chi connectivity index (χ3n) is 7.89. The number of aromatic nitrogens is 1. The summed E-state index contributed by atoms with van der Waals surface area (Å²) in [6.45, 7) is 7.52. The van der Waals surface area contributed by atoms with Gasteiger partial charge in [-0.2, -0.15) is 0 Å². The van der Waals surface area contributed by atoms with E-state index in [9.17, 15) is 4.79 Å². The first-order valence-corrected chi connectivity index (χ1v) is 11.2. The second-order valence-electron chi connectivity index (χ2n) is 9.36. The molecule has 1 aromatic heterocycles. The average molecular weight is 390 g/mol. The van der Waals surface area contributed by atoms with Crippen LogP contribution in [-0.2, 0) is 11.8 Å². The Balaban J connectivity index is 1.47. The highest BCUT2D eigenvalue weighted by Crippen LogP contribution is 2.49. The summed E-state index contributed by atoms with van der Waals surface area (Å²) >= 11 is 0. The maximum atomic E-state index is 13.3. The van der Waals surface area contributed by atoms with Crippen LogP contribution >= 0.6 is 0 Å². The van der Waals surface area contributed by atoms with Crippen LogP contribution in [0.15, 0.2) is 42.7 Å². The molecule has 152 valence electrons. The number of amides is 2. The van der Waals surface area contributed by atoms with E-state index < -0.39 is 0 Å². The minimum absolute atomic E-state index is 0.125. The van der Waals surface area contributed by atoms with E-state index in [2.05, 4.69) is 59.0 Å². The first kappa shape index (κ1) is 18.7. The maximum absolute atomic E-state index is 13.3. The first-order valence-electron chi connectivity index (χ1n) is 11.2. The van der Waals surface area contributed by atoms with Crippen LogP contribution in [0.5, 0.6) is 0 Å². The maximum Gasteiger partial charge on any atom is 0.320 e. The lowest BCUT2D eigenvalue weighted by Crippen LogP contribution is -2.62. The van der Waals surface area contributed by atoms with E-state index in [1.54, 1.807) is 0 Å². The summed E-state index contributed by atoms with van der Waals surface area (Å²) in [5.74, 6) is 0.463. The molecule has 2 saturated heterocycles. The normalized spacial score (nSPS) is 28.8. The number of fused-ring (bicyclic) bond motifs is 4. The molecule has 0 radical (unpaired) electrons. The molecular weight excluding hydrogens is 358 g/mol. The molecule has 0 spiro atoms. The smallest absolute Gasteiger partial charge is 0.320 e. The highest BCUT2D eigenvalue weighted by atomic mass is 16.2. The van der Waals surface area contributed by atoms with Gasteiger partial charge in [-0.05, 0) is 77.8 Å². The third kappa shape index (κ3) is 3.04. The highest BCUT2D eigenvalue weighted by Gasteiger charge is 2.50. The SMILES string of the molecule is C[C@@H]1[C@H]2Cc3ccc(-c4ccncc4)cc3[C@]1(C)CCN2C(=O)N1CCCCC1. The van der Waals surface area contributed by atoms with E-state index in [1.165, 1.54) is 28.7 Å². The Kier molecular flexibility index (Phi) is 4.60. The van der Waals surface area contributed by atoms with Crippen LogP contribution in [-0.4, -0.2) is 46.5 Å². The molecule has 2 aromatic rings. The molecule has 3 atom stereocenters. The molecule has 4 heteroatoms. The Morgan fingerprint density at radius 1 is 1.03 bits per heavy atom. The van der Waals surface area contributed by atoms with Crippen molar-refractivity contribution in [3.05, 3.63) is 53.9 Å². The van der Waals surface area contributed by atoms with Crippen molar-refractivity contribution in [2.75, 3.05) is 19.6 Å². The molecule has 5 rings (SSSR count). The van der Waals surface area contributed by atoms with E-state index in [1.807, 2.05) is 12.4 Å². The summed E-state index contributed by atoms with van der Waals surface area (Å²) < 4.78 is 0. The van der Waals surface area contributed by atoms with Crippen LogP contribution in [0.4, 0.5) is 4.79 Å². The lowest BCUT2D eigenvalue weighted by atomic mass is 9.59. The van der Waals surface area contributed by atoms with Gasteiger partial charge in [0.15, 0.2) is 0 Å². The minimum Gasteiger partial charge on any atom is -0.325 e. The van der Waals surface area contributed by atoms with Crippen molar-refractivity contribution >= 4 is 6.03 Å². The molecule has 0 N–H and O–H groups in total. The van der Waals surface area contributed by atoms with E-state index >= 15 is 0 Å². The molecule has 2 aliphatic heterocycles. The fraction of sp³-hybridized carbons (Fsp3) is 0.520. The zero-order chi connectivity index (χ0) is 20.0. The summed E-state index contributed by atoms with van der Waals surface area (Å²) in [4.78, 5) is 21.8. The fourth-order valence-electron chi connectivity index (χ4n) is 5.85. The molecule has 2 fully saturated rings. The number of nitrogens with zero attached hydrogens (tertiary/aromatic N) is 3. The number of benzene rings is 1. The van der Waals surface area contributed by atoms with Crippen molar-refractivity contribution in [3.8, 4) is 11.1 Å². The van der Waals surface area contributed by atoms with Gasteiger partial charge in [0.05, 0.1) is 0 Å². The van der Waals surface area contributed by atoms with E-state index in [0.29, 0.717) is 12.0 Å². The Hall–Kier alpha value is -2.36. The molecule has 3 heterocycles. The number of rotatable bonds is 1. The zero-order valence-electron chi connectivity index (χ0n) is 17.6. The molecule has 29 heavy (non-hydrogen) atoms. The quantitative estimate of drug-likeness (QED) is 0.697. The van der Waals surface area contributed by atoms with E-state index in [-0.39, 0.29) is 11.4 Å². The predicted molar refractivity (Wildman–Crippen MR) is 116 cm³/mol. The summed E-state index contributed by atoms with van der Waals surface area (Å²) in [6, 6.07) is 11.7. The van der Waals surface area contributed by atoms with Crippen LogP contribution < -0.4 is 0 Å². The highest BCUT2D eigenvalue weighted by molar-refractivity contribution is 5.75. The summed E-state index contributed by atoms with van der Waals surface area (Å²) in [5, 5.41) is 0. The fourth-order valence-corrected chi connectivity index (χ4v) is 5.85. The minimum atomic E-state index is 0.125. The van der Waals surface area contributed by atoms with Gasteiger partial charge >= 0.3 is 6.03 Å². The van der Waals surface area contributed by atoms with Crippen LogP contribution in [0.3, 0.4) is 0 Å². The molecule has 0 saturated carbocycles. The number of urea groups is 1. The molecule has 1 aromatic carbocycles. The Morgan fingerprint density at radius 2 is 1.79 bits per heavy atom. The van der Waals surface area contributed by atoms with Gasteiger partial charge in [0.2, 0.25) is 0 Å². The standard InChI is InChI=1S/C25H31N3O/c1-18-23-17-21-7-6-20(19-8-11-26-12-9-19)16-22(21)25(18,2)10-15-28(23)24(29)27-13-4-3-5-14-27/h6-9,11-12,16,18,23H,3-5,10,13-15,17H2,1-2H3/t18-,23-,25-/m1/s1. The number of pyridine rings is 1. The Morgan fingerprint density at radius 3 is 2.55 bits per heavy atom. The van der Waals surface area contributed by atoms with Crippen molar-refractivity contribution in [1.82, 2.24) is 14.8 Å². The van der Waals surface area contributed by atoms with Gasteiger partial charge in [0.25, 0.3) is 0 Å². The third-order valence-corrected chi connectivity index (χ3v) is 7.89. The molecule has 4 nitrogen and oxygen atoms in total. The first-order chi connectivity index (χ1) is 14.1. The molecule has 3 aliphatic rings. The van der Waals surface area contributed by atoms with Crippen LogP contribution in [0, 0.1) is 5.92 Å². The number of hydrogen-bond acceptors (Lipinski definition) is 2. The summed E-state index contributed by atoms with van der Waals surface area (Å²) in [5.41, 5.74) is 5.52. The molecule has 0 unspecified atom stereocenters. The number of hydrogen-bond donors (Lipinski definition) is 0. The van der Waals surface area contributed by atoms with Gasteiger partial charge in [-0.15, -0.1) is 0 Å². The van der Waals surface area contributed by atoms with Crippen LogP contribution in [0.1, 0.15) is 50.7 Å². The second kappa shape index (κ2) is 7.16. The average Bonchev–Trinajstić information content (AvgIpc) is 2.77. The number of likely N-dealkylation sites (tertiary alicyclic amines) is 2. The van der Waals surface area contributed by atoms with E-state index in [0.717, 1.165) is 45.3 Å². The van der Waals surface area contributed by atoms with E-state index in [4.69, 9.17) is 0 Å². The topological polar surface area (TPSA) is 36.4 Å². The Bertz CT molecular complexity index is 906. The Labute approximate surface area is 173 Å². The molecular formula is C25H31N3O. The predicted octanol–water partition coefficient (Wildman–Crippen LogP) is 4.88. The van der Waals surface area contributed by atoms with Crippen LogP contribution in [0.25, 0.3) is 11.1 Å². The van der Waals surface area contributed by atoms with Gasteiger partial charge in [0, 0.05) is 38.1 Å². The molecule has 2 bridgehead atoms. The van der Waals surface area contributed by atoms with Crippen molar-refractivity contribution in [3.63, 3.8) is 0 Å². The lowest BCUT2D eigenvalue weighted by molar-refractivity contribution is 0.0386. The van der Waals surface area contributed by atoms with Gasteiger partial charge in [-0.3, -0.25) is 4.98 Å². The van der Waals surface area contributed by atoms with Gasteiger partial charge in [-0.25, -0.2) is 4.79 Å².